The van der Waals surface area contributed by atoms with E-state index in [0.717, 1.165) is 24.9 Å². The van der Waals surface area contributed by atoms with Crippen LogP contribution in [0.25, 0.3) is 0 Å². The van der Waals surface area contributed by atoms with Gasteiger partial charge in [-0.1, -0.05) is 6.07 Å². The van der Waals surface area contributed by atoms with Gasteiger partial charge in [0.05, 0.1) is 5.54 Å². The summed E-state index contributed by atoms with van der Waals surface area (Å²) in [6.07, 6.45) is 2.69. The Balaban J connectivity index is 1.66. The van der Waals surface area contributed by atoms with Gasteiger partial charge in [0.1, 0.15) is 11.6 Å². The molecule has 0 saturated carbocycles. The third-order valence-corrected chi connectivity index (χ3v) is 6.00. The Morgan fingerprint density at radius 3 is 2.48 bits per heavy atom. The van der Waals surface area contributed by atoms with Gasteiger partial charge in [0, 0.05) is 29.9 Å². The summed E-state index contributed by atoms with van der Waals surface area (Å²) in [5.74, 6) is -0.652. The molecule has 2 saturated heterocycles. The first kappa shape index (κ1) is 18.0. The smallest absolute Gasteiger partial charge is 0.254 e. The van der Waals surface area contributed by atoms with Crippen molar-refractivity contribution in [3.63, 3.8) is 0 Å². The van der Waals surface area contributed by atoms with Crippen LogP contribution in [0.4, 0.5) is 14.5 Å². The molecule has 0 bridgehead atoms. The maximum Gasteiger partial charge on any atom is 0.254 e. The van der Waals surface area contributed by atoms with E-state index in [9.17, 15) is 13.6 Å². The van der Waals surface area contributed by atoms with Gasteiger partial charge in [0.2, 0.25) is 0 Å². The van der Waals surface area contributed by atoms with Crippen LogP contribution in [-0.2, 0) is 0 Å². The van der Waals surface area contributed by atoms with Gasteiger partial charge in [0.15, 0.2) is 0 Å². The lowest BCUT2D eigenvalue weighted by Crippen LogP contribution is -2.49. The van der Waals surface area contributed by atoms with Crippen LogP contribution >= 0.6 is 0 Å². The molecule has 0 radical (unpaired) electrons. The van der Waals surface area contributed by atoms with Crippen molar-refractivity contribution in [2.24, 2.45) is 0 Å². The van der Waals surface area contributed by atoms with Crippen LogP contribution < -0.4 is 4.90 Å². The molecule has 1 amide bonds. The van der Waals surface area contributed by atoms with Gasteiger partial charge in [-0.05, 0) is 75.6 Å². The second-order valence-corrected chi connectivity index (χ2v) is 8.35. The minimum atomic E-state index is -0.345. The monoisotopic (exact) mass is 370 g/mol. The zero-order valence-electron chi connectivity index (χ0n) is 15.7. The molecule has 142 valence electrons. The van der Waals surface area contributed by atoms with Crippen molar-refractivity contribution in [1.29, 1.82) is 0 Å². The lowest BCUT2D eigenvalue weighted by molar-refractivity contribution is 0.0617. The van der Waals surface area contributed by atoms with Crippen molar-refractivity contribution in [3.8, 4) is 0 Å². The SMILES string of the molecule is CC1(C)CC2(CCCN2C(=O)c2ccc(F)cc2)CN1c1cccc(F)c1. The summed E-state index contributed by atoms with van der Waals surface area (Å²) in [7, 11) is 0. The molecular weight excluding hydrogens is 346 g/mol. The van der Waals surface area contributed by atoms with E-state index in [2.05, 4.69) is 18.7 Å². The first-order valence-corrected chi connectivity index (χ1v) is 9.42. The van der Waals surface area contributed by atoms with Crippen LogP contribution in [0.3, 0.4) is 0 Å². The molecule has 2 aromatic carbocycles. The van der Waals surface area contributed by atoms with E-state index in [4.69, 9.17) is 0 Å². The maximum absolute atomic E-state index is 13.8. The molecule has 0 aromatic heterocycles. The lowest BCUT2D eigenvalue weighted by Gasteiger charge is -2.35. The number of rotatable bonds is 2. The Kier molecular flexibility index (Phi) is 4.21. The van der Waals surface area contributed by atoms with Gasteiger partial charge in [-0.15, -0.1) is 0 Å². The summed E-state index contributed by atoms with van der Waals surface area (Å²) in [5.41, 5.74) is 0.887. The number of carbonyl (C=O) groups excluding carboxylic acids is 1. The molecule has 2 fully saturated rings. The number of likely N-dealkylation sites (tertiary alicyclic amines) is 1. The third kappa shape index (κ3) is 3.09. The van der Waals surface area contributed by atoms with E-state index in [1.165, 1.54) is 18.2 Å². The number of benzene rings is 2. The zero-order valence-corrected chi connectivity index (χ0v) is 15.7. The quantitative estimate of drug-likeness (QED) is 0.770. The zero-order chi connectivity index (χ0) is 19.2. The Bertz CT molecular complexity index is 865. The summed E-state index contributed by atoms with van der Waals surface area (Å²) in [5, 5.41) is 0. The largest absolute Gasteiger partial charge is 0.364 e. The summed E-state index contributed by atoms with van der Waals surface area (Å²) < 4.78 is 27.0. The fraction of sp³-hybridized carbons (Fsp3) is 0.409. The van der Waals surface area contributed by atoms with E-state index < -0.39 is 0 Å². The molecule has 1 atom stereocenters. The molecule has 0 aliphatic carbocycles. The maximum atomic E-state index is 13.8. The van der Waals surface area contributed by atoms with Gasteiger partial charge in [-0.3, -0.25) is 4.79 Å². The Hall–Kier alpha value is -2.43. The van der Waals surface area contributed by atoms with Gasteiger partial charge in [-0.25, -0.2) is 8.78 Å². The number of carbonyl (C=O) groups is 1. The highest BCUT2D eigenvalue weighted by Crippen LogP contribution is 2.47. The molecule has 2 heterocycles. The summed E-state index contributed by atoms with van der Waals surface area (Å²) in [4.78, 5) is 17.3. The van der Waals surface area contributed by atoms with Crippen LogP contribution in [0.2, 0.25) is 0 Å². The van der Waals surface area contributed by atoms with Crippen molar-refractivity contribution >= 4 is 11.6 Å². The lowest BCUT2D eigenvalue weighted by atomic mass is 9.87. The van der Waals surface area contributed by atoms with Crippen LogP contribution in [0.1, 0.15) is 43.5 Å². The fourth-order valence-corrected chi connectivity index (χ4v) is 4.90. The summed E-state index contributed by atoms with van der Waals surface area (Å²) in [6, 6.07) is 12.4. The molecule has 2 aliphatic rings. The van der Waals surface area contributed by atoms with Crippen LogP contribution in [-0.4, -0.2) is 35.0 Å². The molecule has 1 spiro atoms. The second-order valence-electron chi connectivity index (χ2n) is 8.35. The first-order chi connectivity index (χ1) is 12.8. The molecular formula is C22H24F2N2O. The third-order valence-electron chi connectivity index (χ3n) is 6.00. The second kappa shape index (κ2) is 6.32. The van der Waals surface area contributed by atoms with E-state index in [1.807, 2.05) is 11.0 Å². The van der Waals surface area contributed by atoms with Gasteiger partial charge >= 0.3 is 0 Å². The highest BCUT2D eigenvalue weighted by molar-refractivity contribution is 5.95. The van der Waals surface area contributed by atoms with Crippen LogP contribution in [0, 0.1) is 11.6 Å². The highest BCUT2D eigenvalue weighted by atomic mass is 19.1. The van der Waals surface area contributed by atoms with Gasteiger partial charge in [0.25, 0.3) is 5.91 Å². The average Bonchev–Trinajstić information content (AvgIpc) is 3.14. The molecule has 27 heavy (non-hydrogen) atoms. The van der Waals surface area contributed by atoms with Crippen LogP contribution in [0.15, 0.2) is 48.5 Å². The first-order valence-electron chi connectivity index (χ1n) is 9.42. The molecule has 3 nitrogen and oxygen atoms in total. The number of nitrogens with zero attached hydrogens (tertiary/aromatic N) is 2. The van der Waals surface area contributed by atoms with Crippen LogP contribution in [0.5, 0.6) is 0 Å². The molecule has 2 aliphatic heterocycles. The number of hydrogen-bond acceptors (Lipinski definition) is 2. The number of halogens is 2. The predicted octanol–water partition coefficient (Wildman–Crippen LogP) is 4.63. The Labute approximate surface area is 158 Å². The van der Waals surface area contributed by atoms with Crippen molar-refractivity contribution in [1.82, 2.24) is 4.90 Å². The molecule has 1 unspecified atom stereocenters. The van der Waals surface area contributed by atoms with Crippen molar-refractivity contribution in [2.75, 3.05) is 18.0 Å². The van der Waals surface area contributed by atoms with Crippen molar-refractivity contribution in [3.05, 3.63) is 65.7 Å². The normalized spacial score (nSPS) is 24.0. The Morgan fingerprint density at radius 2 is 1.78 bits per heavy atom. The van der Waals surface area contributed by atoms with E-state index in [0.29, 0.717) is 18.7 Å². The molecule has 5 heteroatoms. The summed E-state index contributed by atoms with van der Waals surface area (Å²) >= 11 is 0. The van der Waals surface area contributed by atoms with Gasteiger partial charge < -0.3 is 9.80 Å². The van der Waals surface area contributed by atoms with E-state index in [1.54, 1.807) is 24.3 Å². The standard InChI is InChI=1S/C22H24F2N2O/c1-21(2)14-22(15-26(21)19-6-3-5-18(24)13-19)11-4-12-25(22)20(27)16-7-9-17(23)10-8-16/h3,5-10,13H,4,11-12,14-15H2,1-2H3. The highest BCUT2D eigenvalue weighted by Gasteiger charge is 2.54. The number of amides is 1. The molecule has 0 N–H and O–H groups in total. The number of hydrogen-bond donors (Lipinski definition) is 0. The fourth-order valence-electron chi connectivity index (χ4n) is 4.90. The minimum Gasteiger partial charge on any atom is -0.364 e. The average molecular weight is 370 g/mol. The minimum absolute atomic E-state index is 0.0515. The van der Waals surface area contributed by atoms with Gasteiger partial charge in [-0.2, -0.15) is 0 Å². The predicted molar refractivity (Wildman–Crippen MR) is 102 cm³/mol. The van der Waals surface area contributed by atoms with E-state index >= 15 is 0 Å². The molecule has 2 aromatic rings. The number of anilines is 1. The van der Waals surface area contributed by atoms with E-state index in [-0.39, 0.29) is 28.6 Å². The van der Waals surface area contributed by atoms with Crippen molar-refractivity contribution in [2.45, 2.75) is 44.2 Å². The molecule has 4 rings (SSSR count). The Morgan fingerprint density at radius 1 is 1.04 bits per heavy atom. The topological polar surface area (TPSA) is 23.6 Å². The van der Waals surface area contributed by atoms with Crippen molar-refractivity contribution < 1.29 is 13.6 Å². The summed E-state index contributed by atoms with van der Waals surface area (Å²) in [6.45, 7) is 5.66.